The number of benzene rings is 3. The van der Waals surface area contributed by atoms with E-state index < -0.39 is 28.8 Å². The average molecular weight is 437 g/mol. The van der Waals surface area contributed by atoms with E-state index >= 15 is 0 Å². The van der Waals surface area contributed by atoms with Crippen LogP contribution in [-0.4, -0.2) is 39.2 Å². The third-order valence-corrected chi connectivity index (χ3v) is 6.92. The lowest BCUT2D eigenvalue weighted by molar-refractivity contribution is 0.0589. The molecule has 0 atom stereocenters. The lowest BCUT2D eigenvalue weighted by atomic mass is 10.2. The van der Waals surface area contributed by atoms with Crippen LogP contribution in [0, 0.1) is 0 Å². The number of carbonyl (C=O) groups is 3. The summed E-state index contributed by atoms with van der Waals surface area (Å²) in [5, 5.41) is 0. The molecule has 0 aliphatic heterocycles. The maximum Gasteiger partial charge on any atom is 0.343 e. The minimum atomic E-state index is -1.02. The highest BCUT2D eigenvalue weighted by molar-refractivity contribution is 7.97. The summed E-state index contributed by atoms with van der Waals surface area (Å²) in [5.41, 5.74) is 1.02. The Kier molecular flexibility index (Phi) is 7.10. The van der Waals surface area contributed by atoms with Crippen LogP contribution < -0.4 is 0 Å². The van der Waals surface area contributed by atoms with Crippen molar-refractivity contribution in [2.75, 3.05) is 21.3 Å². The van der Waals surface area contributed by atoms with Crippen LogP contribution in [0.1, 0.15) is 31.1 Å². The summed E-state index contributed by atoms with van der Waals surface area (Å²) in [6, 6.07) is 20.9. The fraction of sp³-hybridized carbons (Fsp3) is 0.125. The Bertz CT molecular complexity index is 983. The number of rotatable bonds is 6. The average Bonchev–Trinajstić information content (AvgIpc) is 2.83. The molecule has 3 aromatic carbocycles. The molecule has 0 heterocycles. The van der Waals surface area contributed by atoms with Gasteiger partial charge in [-0.3, -0.25) is 0 Å². The maximum absolute atomic E-state index is 12.6. The standard InChI is InChI=1S/C24H21O6S/c1-28-22(25)16-10-4-7-13-19(16)31(20-14-8-5-11-17(20)23(26)29-2)21-15-9-6-12-18(21)24(27)30-3/h4-15H,1-3H3/q+1. The van der Waals surface area contributed by atoms with Gasteiger partial charge in [0.05, 0.1) is 21.3 Å². The minimum absolute atomic E-state index is 0.340. The maximum atomic E-state index is 12.6. The predicted octanol–water partition coefficient (Wildman–Crippen LogP) is 4.14. The molecule has 31 heavy (non-hydrogen) atoms. The Hall–Kier alpha value is -3.58. The highest BCUT2D eigenvalue weighted by Gasteiger charge is 2.39. The molecular weight excluding hydrogens is 416 g/mol. The van der Waals surface area contributed by atoms with Crippen molar-refractivity contribution in [2.24, 2.45) is 0 Å². The number of ether oxygens (including phenoxy) is 3. The van der Waals surface area contributed by atoms with Crippen molar-refractivity contribution in [2.45, 2.75) is 14.7 Å². The molecule has 158 valence electrons. The lowest BCUT2D eigenvalue weighted by Crippen LogP contribution is -2.18. The Morgan fingerprint density at radius 3 is 1.03 bits per heavy atom. The highest BCUT2D eigenvalue weighted by atomic mass is 32.2. The van der Waals surface area contributed by atoms with Gasteiger partial charge in [-0.15, -0.1) is 0 Å². The molecule has 0 saturated carbocycles. The molecule has 0 N–H and O–H groups in total. The highest BCUT2D eigenvalue weighted by Crippen LogP contribution is 2.37. The van der Waals surface area contributed by atoms with Gasteiger partial charge in [-0.25, -0.2) is 14.4 Å². The molecule has 0 aliphatic rings. The Labute approximate surface area is 183 Å². The first kappa shape index (κ1) is 22.1. The van der Waals surface area contributed by atoms with Crippen molar-refractivity contribution >= 4 is 28.8 Å². The number of hydrogen-bond acceptors (Lipinski definition) is 6. The van der Waals surface area contributed by atoms with Crippen molar-refractivity contribution in [1.82, 2.24) is 0 Å². The molecule has 0 unspecified atom stereocenters. The first-order valence-electron chi connectivity index (χ1n) is 9.29. The fourth-order valence-electron chi connectivity index (χ4n) is 3.13. The number of esters is 3. The van der Waals surface area contributed by atoms with Crippen molar-refractivity contribution < 1.29 is 28.6 Å². The van der Waals surface area contributed by atoms with Gasteiger partial charge in [0.2, 0.25) is 0 Å². The molecule has 0 aliphatic carbocycles. The van der Waals surface area contributed by atoms with Crippen molar-refractivity contribution in [3.05, 3.63) is 89.5 Å². The third-order valence-electron chi connectivity index (χ3n) is 4.54. The van der Waals surface area contributed by atoms with Gasteiger partial charge in [0.25, 0.3) is 0 Å². The van der Waals surface area contributed by atoms with Crippen LogP contribution in [0.2, 0.25) is 0 Å². The molecule has 3 aromatic rings. The van der Waals surface area contributed by atoms with Crippen molar-refractivity contribution in [1.29, 1.82) is 0 Å². The normalized spacial score (nSPS) is 10.5. The van der Waals surface area contributed by atoms with Gasteiger partial charge in [-0.2, -0.15) is 0 Å². The molecule has 7 heteroatoms. The summed E-state index contributed by atoms with van der Waals surface area (Å²) < 4.78 is 14.9. The number of hydrogen-bond donors (Lipinski definition) is 0. The van der Waals surface area contributed by atoms with Crippen LogP contribution in [0.15, 0.2) is 87.5 Å². The molecule has 0 bridgehead atoms. The molecule has 0 aromatic heterocycles. The molecule has 0 spiro atoms. The Morgan fingerprint density at radius 1 is 0.516 bits per heavy atom. The molecule has 3 rings (SSSR count). The Morgan fingerprint density at radius 2 is 0.774 bits per heavy atom. The zero-order valence-electron chi connectivity index (χ0n) is 17.3. The number of carbonyl (C=O) groups excluding carboxylic acids is 3. The summed E-state index contributed by atoms with van der Waals surface area (Å²) in [5.74, 6) is -1.54. The Balaban J connectivity index is 2.39. The largest absolute Gasteiger partial charge is 0.465 e. The summed E-state index contributed by atoms with van der Waals surface area (Å²) in [7, 11) is 2.90. The van der Waals surface area contributed by atoms with Crippen LogP contribution in [0.3, 0.4) is 0 Å². The first-order chi connectivity index (χ1) is 15.0. The molecule has 0 saturated heterocycles. The van der Waals surface area contributed by atoms with Gasteiger partial charge in [0.1, 0.15) is 27.6 Å². The number of methoxy groups -OCH3 is 3. The molecule has 0 fully saturated rings. The summed E-state index contributed by atoms with van der Waals surface area (Å²) >= 11 is 0. The second kappa shape index (κ2) is 9.95. The molecule has 0 amide bonds. The van der Waals surface area contributed by atoms with Crippen LogP contribution in [0.5, 0.6) is 0 Å². The SMILES string of the molecule is COC(=O)c1ccccc1[S+](c1ccccc1C(=O)OC)c1ccccc1C(=O)OC. The van der Waals surface area contributed by atoms with E-state index in [1.807, 2.05) is 0 Å². The smallest absolute Gasteiger partial charge is 0.343 e. The predicted molar refractivity (Wildman–Crippen MR) is 116 cm³/mol. The van der Waals surface area contributed by atoms with E-state index in [4.69, 9.17) is 14.2 Å². The first-order valence-corrected chi connectivity index (χ1v) is 10.5. The van der Waals surface area contributed by atoms with Crippen LogP contribution in [-0.2, 0) is 25.1 Å². The second-order valence-electron chi connectivity index (χ2n) is 6.27. The van der Waals surface area contributed by atoms with Gasteiger partial charge in [-0.1, -0.05) is 36.4 Å². The summed E-state index contributed by atoms with van der Waals surface area (Å²) in [6.07, 6.45) is 0. The van der Waals surface area contributed by atoms with Gasteiger partial charge >= 0.3 is 17.9 Å². The topological polar surface area (TPSA) is 78.9 Å². The van der Waals surface area contributed by atoms with E-state index in [0.717, 1.165) is 0 Å². The zero-order chi connectivity index (χ0) is 22.4. The van der Waals surface area contributed by atoms with E-state index in [-0.39, 0.29) is 0 Å². The van der Waals surface area contributed by atoms with Crippen molar-refractivity contribution in [3.63, 3.8) is 0 Å². The van der Waals surface area contributed by atoms with Crippen molar-refractivity contribution in [3.8, 4) is 0 Å². The minimum Gasteiger partial charge on any atom is -0.465 e. The van der Waals surface area contributed by atoms with E-state index in [1.54, 1.807) is 72.8 Å². The quantitative estimate of drug-likeness (QED) is 0.328. The van der Waals surface area contributed by atoms with Gasteiger partial charge in [0.15, 0.2) is 14.7 Å². The van der Waals surface area contributed by atoms with Crippen LogP contribution in [0.25, 0.3) is 0 Å². The third kappa shape index (κ3) is 4.46. The molecular formula is C24H21O6S+. The van der Waals surface area contributed by atoms with E-state index in [9.17, 15) is 14.4 Å². The van der Waals surface area contributed by atoms with E-state index in [2.05, 4.69) is 0 Å². The summed E-state index contributed by atoms with van der Waals surface area (Å²) in [6.45, 7) is 0. The fourth-order valence-corrected chi connectivity index (χ4v) is 5.59. The zero-order valence-corrected chi connectivity index (χ0v) is 18.1. The van der Waals surface area contributed by atoms with Crippen LogP contribution in [0.4, 0.5) is 0 Å². The van der Waals surface area contributed by atoms with Gasteiger partial charge in [-0.05, 0) is 36.4 Å². The molecule has 6 nitrogen and oxygen atoms in total. The van der Waals surface area contributed by atoms with Crippen LogP contribution >= 0.6 is 0 Å². The lowest BCUT2D eigenvalue weighted by Gasteiger charge is -2.15. The van der Waals surface area contributed by atoms with E-state index in [1.165, 1.54) is 21.3 Å². The molecule has 0 radical (unpaired) electrons. The summed E-state index contributed by atoms with van der Waals surface area (Å²) in [4.78, 5) is 39.5. The van der Waals surface area contributed by atoms with E-state index in [0.29, 0.717) is 31.4 Å². The monoisotopic (exact) mass is 437 g/mol. The second-order valence-corrected chi connectivity index (χ2v) is 8.20. The van der Waals surface area contributed by atoms with Gasteiger partial charge in [0, 0.05) is 0 Å². The van der Waals surface area contributed by atoms with Gasteiger partial charge < -0.3 is 14.2 Å².